The number of halogens is 3. The van der Waals surface area contributed by atoms with Gasteiger partial charge in [-0.1, -0.05) is 36.4 Å². The van der Waals surface area contributed by atoms with Crippen LogP contribution in [0.5, 0.6) is 0 Å². The van der Waals surface area contributed by atoms with Gasteiger partial charge in [-0.05, 0) is 23.8 Å². The van der Waals surface area contributed by atoms with Crippen LogP contribution in [-0.2, 0) is 15.7 Å². The predicted molar refractivity (Wildman–Crippen MR) is 91.0 cm³/mol. The molecule has 3 rings (SSSR count). The molecule has 8 heteroatoms. The van der Waals surface area contributed by atoms with E-state index < -0.39 is 30.2 Å². The maximum Gasteiger partial charge on any atom is 0.416 e. The molecule has 0 bridgehead atoms. The highest BCUT2D eigenvalue weighted by atomic mass is 19.4. The number of rotatable bonds is 4. The first-order chi connectivity index (χ1) is 12.8. The van der Waals surface area contributed by atoms with E-state index in [-0.39, 0.29) is 5.56 Å². The van der Waals surface area contributed by atoms with Gasteiger partial charge in [-0.2, -0.15) is 18.3 Å². The minimum atomic E-state index is -4.57. The maximum absolute atomic E-state index is 12.7. The highest BCUT2D eigenvalue weighted by Gasteiger charge is 2.31. The molecule has 0 aliphatic carbocycles. The number of alkyl halides is 3. The summed E-state index contributed by atoms with van der Waals surface area (Å²) in [6.07, 6.45) is -4.00. The number of esters is 1. The lowest BCUT2D eigenvalue weighted by Crippen LogP contribution is -2.28. The molecule has 0 N–H and O–H groups in total. The van der Waals surface area contributed by atoms with Crippen LogP contribution in [0.3, 0.4) is 0 Å². The number of benzene rings is 2. The Kier molecular flexibility index (Phi) is 5.25. The van der Waals surface area contributed by atoms with Crippen LogP contribution in [-0.4, -0.2) is 35.7 Å². The molecule has 0 saturated heterocycles. The Morgan fingerprint density at radius 1 is 1.07 bits per heavy atom. The first kappa shape index (κ1) is 18.6. The molecule has 0 atom stereocenters. The second-order valence-corrected chi connectivity index (χ2v) is 5.83. The zero-order valence-corrected chi connectivity index (χ0v) is 14.1. The summed E-state index contributed by atoms with van der Waals surface area (Å²) in [5, 5.41) is 5.41. The van der Waals surface area contributed by atoms with Gasteiger partial charge >= 0.3 is 12.1 Å². The van der Waals surface area contributed by atoms with Crippen molar-refractivity contribution in [1.82, 2.24) is 5.01 Å². The van der Waals surface area contributed by atoms with Crippen LogP contribution >= 0.6 is 0 Å². The highest BCUT2D eigenvalue weighted by molar-refractivity contribution is 6.02. The number of hydrazone groups is 1. The highest BCUT2D eigenvalue weighted by Crippen LogP contribution is 2.29. The van der Waals surface area contributed by atoms with Gasteiger partial charge in [-0.25, -0.2) is 9.80 Å². The Bertz CT molecular complexity index is 879. The topological polar surface area (TPSA) is 59.0 Å². The molecular weight excluding hydrogens is 361 g/mol. The van der Waals surface area contributed by atoms with Crippen molar-refractivity contribution >= 4 is 17.6 Å². The Labute approximate surface area is 153 Å². The summed E-state index contributed by atoms with van der Waals surface area (Å²) in [4.78, 5) is 24.1. The van der Waals surface area contributed by atoms with Crippen LogP contribution in [0.2, 0.25) is 0 Å². The number of ether oxygens (including phenoxy) is 1. The molecule has 0 spiro atoms. The fourth-order valence-corrected chi connectivity index (χ4v) is 2.58. The monoisotopic (exact) mass is 376 g/mol. The minimum absolute atomic E-state index is 0.271. The largest absolute Gasteiger partial charge is 0.452 e. The molecule has 1 heterocycles. The van der Waals surface area contributed by atoms with Crippen molar-refractivity contribution in [3.05, 3.63) is 71.3 Å². The second kappa shape index (κ2) is 7.61. The van der Waals surface area contributed by atoms with Crippen LogP contribution in [0.15, 0.2) is 59.7 Å². The molecular formula is C19H15F3N2O3. The molecule has 1 aliphatic rings. The number of amides is 1. The maximum atomic E-state index is 12.7. The molecule has 0 fully saturated rings. The zero-order valence-electron chi connectivity index (χ0n) is 14.1. The van der Waals surface area contributed by atoms with Crippen molar-refractivity contribution in [3.8, 4) is 0 Å². The van der Waals surface area contributed by atoms with Crippen molar-refractivity contribution in [2.45, 2.75) is 12.6 Å². The molecule has 0 unspecified atom stereocenters. The van der Waals surface area contributed by atoms with Gasteiger partial charge in [0, 0.05) is 6.42 Å². The lowest BCUT2D eigenvalue weighted by Gasteiger charge is -2.12. The van der Waals surface area contributed by atoms with E-state index in [0.29, 0.717) is 19.0 Å². The summed E-state index contributed by atoms with van der Waals surface area (Å²) in [6.45, 7) is -0.245. The van der Waals surface area contributed by atoms with Crippen molar-refractivity contribution in [2.24, 2.45) is 5.10 Å². The minimum Gasteiger partial charge on any atom is -0.452 e. The summed E-state index contributed by atoms with van der Waals surface area (Å²) < 4.78 is 42.9. The third-order valence-electron chi connectivity index (χ3n) is 3.95. The van der Waals surface area contributed by atoms with E-state index in [1.165, 1.54) is 11.1 Å². The van der Waals surface area contributed by atoms with Crippen molar-refractivity contribution in [1.29, 1.82) is 0 Å². The van der Waals surface area contributed by atoms with Crippen LogP contribution in [0.25, 0.3) is 0 Å². The van der Waals surface area contributed by atoms with E-state index in [4.69, 9.17) is 4.74 Å². The number of hydrogen-bond acceptors (Lipinski definition) is 4. The molecule has 2 aromatic rings. The summed E-state index contributed by atoms with van der Waals surface area (Å²) >= 11 is 0. The summed E-state index contributed by atoms with van der Waals surface area (Å²) in [6, 6.07) is 13.2. The second-order valence-electron chi connectivity index (χ2n) is 5.83. The van der Waals surface area contributed by atoms with E-state index in [0.717, 1.165) is 23.4 Å². The van der Waals surface area contributed by atoms with Crippen molar-refractivity contribution in [3.63, 3.8) is 0 Å². The Morgan fingerprint density at radius 3 is 2.52 bits per heavy atom. The first-order valence-corrected chi connectivity index (χ1v) is 8.12. The van der Waals surface area contributed by atoms with E-state index in [2.05, 4.69) is 5.10 Å². The van der Waals surface area contributed by atoms with E-state index >= 15 is 0 Å². The number of nitrogens with zero attached hydrogens (tertiary/aromatic N) is 2. The molecule has 1 amide bonds. The molecule has 5 nitrogen and oxygen atoms in total. The van der Waals surface area contributed by atoms with Gasteiger partial charge in [-0.3, -0.25) is 4.79 Å². The van der Waals surface area contributed by atoms with Gasteiger partial charge in [0.1, 0.15) is 0 Å². The fraction of sp³-hybridized carbons (Fsp3) is 0.211. The van der Waals surface area contributed by atoms with Crippen LogP contribution in [0.4, 0.5) is 13.2 Å². The van der Waals surface area contributed by atoms with Crippen molar-refractivity contribution in [2.75, 3.05) is 13.2 Å². The van der Waals surface area contributed by atoms with Gasteiger partial charge in [0.25, 0.3) is 5.91 Å². The zero-order chi connectivity index (χ0) is 19.4. The van der Waals surface area contributed by atoms with E-state index in [9.17, 15) is 22.8 Å². The third kappa shape index (κ3) is 4.52. The Hall–Kier alpha value is -3.16. The van der Waals surface area contributed by atoms with Crippen LogP contribution in [0.1, 0.15) is 27.9 Å². The van der Waals surface area contributed by atoms with Crippen molar-refractivity contribution < 1.29 is 27.5 Å². The van der Waals surface area contributed by atoms with Gasteiger partial charge in [0.2, 0.25) is 0 Å². The van der Waals surface area contributed by atoms with Gasteiger partial charge in [0.05, 0.1) is 23.4 Å². The molecule has 2 aromatic carbocycles. The number of carbonyl (C=O) groups is 2. The lowest BCUT2D eigenvalue weighted by molar-refractivity contribution is -0.137. The molecule has 27 heavy (non-hydrogen) atoms. The van der Waals surface area contributed by atoms with E-state index in [1.807, 2.05) is 30.3 Å². The Balaban J connectivity index is 1.60. The normalized spacial score (nSPS) is 14.0. The third-order valence-corrected chi connectivity index (χ3v) is 3.95. The average Bonchev–Trinajstić information content (AvgIpc) is 3.16. The van der Waals surface area contributed by atoms with Gasteiger partial charge in [0.15, 0.2) is 6.61 Å². The van der Waals surface area contributed by atoms with Gasteiger partial charge < -0.3 is 4.74 Å². The smallest absolute Gasteiger partial charge is 0.416 e. The molecule has 0 aromatic heterocycles. The first-order valence-electron chi connectivity index (χ1n) is 8.12. The standard InChI is InChI=1S/C19H15F3N2O3/c20-19(21,22)15-8-4-7-14(11-15)18(26)27-12-17(25)24-10-9-16(23-24)13-5-2-1-3-6-13/h1-8,11H,9-10,12H2. The predicted octanol–water partition coefficient (Wildman–Crippen LogP) is 3.50. The Morgan fingerprint density at radius 2 is 1.81 bits per heavy atom. The van der Waals surface area contributed by atoms with Crippen LogP contribution in [0, 0.1) is 0 Å². The molecule has 0 saturated carbocycles. The molecule has 0 radical (unpaired) electrons. The average molecular weight is 376 g/mol. The fourth-order valence-electron chi connectivity index (χ4n) is 2.58. The lowest BCUT2D eigenvalue weighted by atomic mass is 10.1. The SMILES string of the molecule is O=C(OCC(=O)N1CCC(c2ccccc2)=N1)c1cccc(C(F)(F)F)c1. The number of hydrogen-bond donors (Lipinski definition) is 0. The molecule has 1 aliphatic heterocycles. The summed E-state index contributed by atoms with van der Waals surface area (Å²) in [5.74, 6) is -1.54. The molecule has 140 valence electrons. The quantitative estimate of drug-likeness (QED) is 0.768. The van der Waals surface area contributed by atoms with Crippen LogP contribution < -0.4 is 0 Å². The number of carbonyl (C=O) groups excluding carboxylic acids is 2. The summed E-state index contributed by atoms with van der Waals surface area (Å²) in [7, 11) is 0. The van der Waals surface area contributed by atoms with E-state index in [1.54, 1.807) is 0 Å². The summed E-state index contributed by atoms with van der Waals surface area (Å²) in [5.41, 5.74) is 0.411. The van der Waals surface area contributed by atoms with Gasteiger partial charge in [-0.15, -0.1) is 0 Å².